The number of nitrogens with zero attached hydrogens (tertiary/aromatic N) is 3. The third kappa shape index (κ3) is 5.08. The molecule has 26 heavy (non-hydrogen) atoms. The molecule has 0 radical (unpaired) electrons. The van der Waals surface area contributed by atoms with Crippen LogP contribution in [-0.4, -0.2) is 42.1 Å². The van der Waals surface area contributed by atoms with Crippen molar-refractivity contribution in [1.82, 2.24) is 15.3 Å². The average molecular weight is 360 g/mol. The highest BCUT2D eigenvalue weighted by Gasteiger charge is 2.26. The van der Waals surface area contributed by atoms with Gasteiger partial charge in [0.2, 0.25) is 5.91 Å². The summed E-state index contributed by atoms with van der Waals surface area (Å²) in [7, 11) is 3.98. The van der Waals surface area contributed by atoms with Crippen molar-refractivity contribution in [2.75, 3.05) is 24.3 Å². The number of aromatic nitrogens is 2. The second-order valence-electron chi connectivity index (χ2n) is 8.09. The van der Waals surface area contributed by atoms with E-state index < -0.39 is 0 Å². The van der Waals surface area contributed by atoms with Crippen LogP contribution in [0, 0.1) is 12.8 Å². The quantitative estimate of drug-likeness (QED) is 0.844. The molecule has 2 saturated carbocycles. The molecule has 144 valence electrons. The SMILES string of the molecule is Cc1nc(NC2CCC(NC(=O)C3CCCCC3)CC2)cc(N(C)C)n1. The largest absolute Gasteiger partial charge is 0.367 e. The van der Waals surface area contributed by atoms with Crippen LogP contribution in [0.2, 0.25) is 0 Å². The molecular formula is C20H33N5O. The summed E-state index contributed by atoms with van der Waals surface area (Å²) in [6.45, 7) is 1.93. The highest BCUT2D eigenvalue weighted by Crippen LogP contribution is 2.26. The van der Waals surface area contributed by atoms with Gasteiger partial charge in [-0.05, 0) is 45.4 Å². The zero-order valence-corrected chi connectivity index (χ0v) is 16.4. The van der Waals surface area contributed by atoms with Crippen LogP contribution in [0.25, 0.3) is 0 Å². The minimum absolute atomic E-state index is 0.257. The Morgan fingerprint density at radius 1 is 1.00 bits per heavy atom. The maximum Gasteiger partial charge on any atom is 0.223 e. The smallest absolute Gasteiger partial charge is 0.223 e. The minimum Gasteiger partial charge on any atom is -0.367 e. The van der Waals surface area contributed by atoms with Gasteiger partial charge in [0.05, 0.1) is 0 Å². The molecule has 2 fully saturated rings. The minimum atomic E-state index is 0.257. The van der Waals surface area contributed by atoms with Crippen molar-refractivity contribution >= 4 is 17.5 Å². The summed E-state index contributed by atoms with van der Waals surface area (Å²) >= 11 is 0. The van der Waals surface area contributed by atoms with E-state index in [4.69, 9.17) is 0 Å². The zero-order chi connectivity index (χ0) is 18.5. The highest BCUT2D eigenvalue weighted by molar-refractivity contribution is 5.79. The summed E-state index contributed by atoms with van der Waals surface area (Å²) in [5.74, 6) is 3.16. The van der Waals surface area contributed by atoms with E-state index in [1.54, 1.807) is 0 Å². The van der Waals surface area contributed by atoms with Crippen LogP contribution in [0.4, 0.5) is 11.6 Å². The summed E-state index contributed by atoms with van der Waals surface area (Å²) in [5, 5.41) is 6.87. The van der Waals surface area contributed by atoms with Crippen molar-refractivity contribution in [3.05, 3.63) is 11.9 Å². The predicted molar refractivity (Wildman–Crippen MR) is 105 cm³/mol. The molecule has 2 aliphatic rings. The topological polar surface area (TPSA) is 70.2 Å². The summed E-state index contributed by atoms with van der Waals surface area (Å²) in [5.41, 5.74) is 0. The van der Waals surface area contributed by atoms with Crippen molar-refractivity contribution in [2.24, 2.45) is 5.92 Å². The molecule has 6 nitrogen and oxygen atoms in total. The van der Waals surface area contributed by atoms with E-state index in [1.165, 1.54) is 19.3 Å². The first-order chi connectivity index (χ1) is 12.5. The van der Waals surface area contributed by atoms with E-state index >= 15 is 0 Å². The summed E-state index contributed by atoms with van der Waals surface area (Å²) < 4.78 is 0. The average Bonchev–Trinajstić information content (AvgIpc) is 2.63. The van der Waals surface area contributed by atoms with Gasteiger partial charge >= 0.3 is 0 Å². The van der Waals surface area contributed by atoms with E-state index in [0.717, 1.165) is 56.0 Å². The first kappa shape index (κ1) is 18.9. The summed E-state index contributed by atoms with van der Waals surface area (Å²) in [6, 6.07) is 2.76. The highest BCUT2D eigenvalue weighted by atomic mass is 16.1. The molecule has 0 atom stereocenters. The molecule has 3 rings (SSSR count). The first-order valence-electron chi connectivity index (χ1n) is 10.1. The lowest BCUT2D eigenvalue weighted by Crippen LogP contribution is -2.43. The van der Waals surface area contributed by atoms with E-state index in [1.807, 2.05) is 32.0 Å². The van der Waals surface area contributed by atoms with Gasteiger partial charge in [-0.1, -0.05) is 19.3 Å². The fourth-order valence-corrected chi connectivity index (χ4v) is 4.13. The maximum absolute atomic E-state index is 12.4. The van der Waals surface area contributed by atoms with Crippen LogP contribution in [-0.2, 0) is 4.79 Å². The van der Waals surface area contributed by atoms with Crippen LogP contribution in [0.1, 0.15) is 63.6 Å². The third-order valence-electron chi connectivity index (χ3n) is 5.68. The Morgan fingerprint density at radius 3 is 2.31 bits per heavy atom. The van der Waals surface area contributed by atoms with Gasteiger partial charge in [-0.15, -0.1) is 0 Å². The van der Waals surface area contributed by atoms with E-state index in [-0.39, 0.29) is 5.92 Å². The second-order valence-corrected chi connectivity index (χ2v) is 8.09. The van der Waals surface area contributed by atoms with Crippen LogP contribution in [0.15, 0.2) is 6.07 Å². The molecule has 2 N–H and O–H groups in total. The van der Waals surface area contributed by atoms with Crippen molar-refractivity contribution < 1.29 is 4.79 Å². The van der Waals surface area contributed by atoms with Gasteiger partial charge in [-0.2, -0.15) is 0 Å². The molecule has 1 heterocycles. The molecule has 0 saturated heterocycles. The fraction of sp³-hybridized carbons (Fsp3) is 0.750. The van der Waals surface area contributed by atoms with E-state index in [2.05, 4.69) is 20.6 Å². The number of carbonyl (C=O) groups is 1. The summed E-state index contributed by atoms with van der Waals surface area (Å²) in [4.78, 5) is 23.4. The van der Waals surface area contributed by atoms with Gasteiger partial charge in [0.25, 0.3) is 0 Å². The van der Waals surface area contributed by atoms with Crippen LogP contribution >= 0.6 is 0 Å². The lowest BCUT2D eigenvalue weighted by atomic mass is 9.87. The molecule has 1 aromatic heterocycles. The lowest BCUT2D eigenvalue weighted by molar-refractivity contribution is -0.126. The van der Waals surface area contributed by atoms with Crippen molar-refractivity contribution in [2.45, 2.75) is 76.8 Å². The monoisotopic (exact) mass is 359 g/mol. The van der Waals surface area contributed by atoms with Gasteiger partial charge in [-0.3, -0.25) is 4.79 Å². The van der Waals surface area contributed by atoms with Crippen molar-refractivity contribution in [3.63, 3.8) is 0 Å². The van der Waals surface area contributed by atoms with Gasteiger partial charge in [-0.25, -0.2) is 9.97 Å². The molecule has 0 aliphatic heterocycles. The lowest BCUT2D eigenvalue weighted by Gasteiger charge is -2.31. The van der Waals surface area contributed by atoms with Crippen LogP contribution in [0.5, 0.6) is 0 Å². The number of anilines is 2. The maximum atomic E-state index is 12.4. The number of hydrogen-bond donors (Lipinski definition) is 2. The van der Waals surface area contributed by atoms with Gasteiger partial charge in [0.15, 0.2) is 0 Å². The molecule has 0 unspecified atom stereocenters. The Hall–Kier alpha value is -1.85. The zero-order valence-electron chi connectivity index (χ0n) is 16.4. The normalized spacial score (nSPS) is 24.1. The Balaban J connectivity index is 1.47. The molecule has 2 aliphatic carbocycles. The Bertz CT molecular complexity index is 604. The standard InChI is InChI=1S/C20H33N5O/c1-14-21-18(13-19(22-14)25(2)3)23-16-9-11-17(12-10-16)24-20(26)15-7-5-4-6-8-15/h13,15-17H,4-12H2,1-3H3,(H,24,26)(H,21,22,23). The molecule has 0 bridgehead atoms. The Labute approximate surface area is 157 Å². The summed E-state index contributed by atoms with van der Waals surface area (Å²) in [6.07, 6.45) is 10.1. The van der Waals surface area contributed by atoms with Crippen LogP contribution < -0.4 is 15.5 Å². The second kappa shape index (κ2) is 8.69. The van der Waals surface area contributed by atoms with E-state index in [0.29, 0.717) is 18.0 Å². The number of hydrogen-bond acceptors (Lipinski definition) is 5. The number of carbonyl (C=O) groups excluding carboxylic acids is 1. The number of nitrogens with one attached hydrogen (secondary N) is 2. The molecule has 6 heteroatoms. The molecule has 1 amide bonds. The van der Waals surface area contributed by atoms with E-state index in [9.17, 15) is 4.79 Å². The van der Waals surface area contributed by atoms with Crippen LogP contribution in [0.3, 0.4) is 0 Å². The van der Waals surface area contributed by atoms with Gasteiger partial charge in [0.1, 0.15) is 17.5 Å². The van der Waals surface area contributed by atoms with Gasteiger partial charge < -0.3 is 15.5 Å². The molecule has 0 aromatic carbocycles. The third-order valence-corrected chi connectivity index (χ3v) is 5.68. The van der Waals surface area contributed by atoms with Crippen molar-refractivity contribution in [1.29, 1.82) is 0 Å². The van der Waals surface area contributed by atoms with Gasteiger partial charge in [0, 0.05) is 38.2 Å². The molecule has 1 aromatic rings. The molecule has 0 spiro atoms. The number of rotatable bonds is 5. The molecular weight excluding hydrogens is 326 g/mol. The predicted octanol–water partition coefficient (Wildman–Crippen LogP) is 3.27. The fourth-order valence-electron chi connectivity index (χ4n) is 4.13. The first-order valence-corrected chi connectivity index (χ1v) is 10.1. The number of aryl methyl sites for hydroxylation is 1. The van der Waals surface area contributed by atoms with Crippen molar-refractivity contribution in [3.8, 4) is 0 Å². The number of amides is 1. The Kier molecular flexibility index (Phi) is 6.33. The Morgan fingerprint density at radius 2 is 1.65 bits per heavy atom.